The number of hydrogen-bond donors (Lipinski definition) is 2. The van der Waals surface area contributed by atoms with Crippen LogP contribution in [0.5, 0.6) is 0 Å². The highest BCUT2D eigenvalue weighted by molar-refractivity contribution is 9.10. The Morgan fingerprint density at radius 3 is 2.42 bits per heavy atom. The quantitative estimate of drug-likeness (QED) is 0.702. The van der Waals surface area contributed by atoms with Crippen molar-refractivity contribution in [2.24, 2.45) is 5.73 Å². The SMILES string of the molecule is NC(=O)c1cc(NC(=O)CCSc2ccc(Br)cc2)c(F)cc1F. The van der Waals surface area contributed by atoms with E-state index in [1.807, 2.05) is 24.3 Å². The summed E-state index contributed by atoms with van der Waals surface area (Å²) in [5, 5.41) is 2.32. The van der Waals surface area contributed by atoms with Gasteiger partial charge in [0.25, 0.3) is 5.91 Å². The van der Waals surface area contributed by atoms with E-state index in [1.54, 1.807) is 0 Å². The largest absolute Gasteiger partial charge is 0.366 e. The summed E-state index contributed by atoms with van der Waals surface area (Å²) in [6.45, 7) is 0. The fourth-order valence-corrected chi connectivity index (χ4v) is 2.95. The summed E-state index contributed by atoms with van der Waals surface area (Å²) in [6, 6.07) is 9.01. The van der Waals surface area contributed by atoms with Gasteiger partial charge in [0.05, 0.1) is 11.3 Å². The lowest BCUT2D eigenvalue weighted by atomic mass is 10.1. The first-order chi connectivity index (χ1) is 11.4. The second-order valence-electron chi connectivity index (χ2n) is 4.78. The van der Waals surface area contributed by atoms with Crippen molar-refractivity contribution in [2.45, 2.75) is 11.3 Å². The van der Waals surface area contributed by atoms with Gasteiger partial charge in [0.1, 0.15) is 11.6 Å². The fourth-order valence-electron chi connectivity index (χ4n) is 1.84. The molecule has 0 aliphatic rings. The highest BCUT2D eigenvalue weighted by Gasteiger charge is 2.15. The third-order valence-electron chi connectivity index (χ3n) is 3.01. The smallest absolute Gasteiger partial charge is 0.251 e. The average molecular weight is 415 g/mol. The van der Waals surface area contributed by atoms with Gasteiger partial charge in [-0.25, -0.2) is 8.78 Å². The lowest BCUT2D eigenvalue weighted by molar-refractivity contribution is -0.115. The van der Waals surface area contributed by atoms with Gasteiger partial charge >= 0.3 is 0 Å². The molecular weight excluding hydrogens is 402 g/mol. The van der Waals surface area contributed by atoms with Crippen molar-refractivity contribution in [1.29, 1.82) is 0 Å². The van der Waals surface area contributed by atoms with Gasteiger partial charge in [-0.2, -0.15) is 0 Å². The number of nitrogens with one attached hydrogen (secondary N) is 1. The van der Waals surface area contributed by atoms with Gasteiger partial charge in [-0.3, -0.25) is 9.59 Å². The monoisotopic (exact) mass is 414 g/mol. The van der Waals surface area contributed by atoms with Crippen LogP contribution >= 0.6 is 27.7 Å². The molecule has 0 heterocycles. The van der Waals surface area contributed by atoms with Crippen molar-refractivity contribution in [3.05, 3.63) is 58.1 Å². The van der Waals surface area contributed by atoms with Crippen LogP contribution in [0, 0.1) is 11.6 Å². The number of carbonyl (C=O) groups is 2. The van der Waals surface area contributed by atoms with Crippen molar-refractivity contribution >= 4 is 45.2 Å². The zero-order valence-corrected chi connectivity index (χ0v) is 14.7. The second-order valence-corrected chi connectivity index (χ2v) is 6.86. The van der Waals surface area contributed by atoms with Gasteiger partial charge < -0.3 is 11.1 Å². The molecule has 0 aromatic heterocycles. The van der Waals surface area contributed by atoms with E-state index in [-0.39, 0.29) is 12.1 Å². The van der Waals surface area contributed by atoms with E-state index in [2.05, 4.69) is 21.2 Å². The Hall–Kier alpha value is -1.93. The minimum Gasteiger partial charge on any atom is -0.366 e. The highest BCUT2D eigenvalue weighted by Crippen LogP contribution is 2.22. The first kappa shape index (κ1) is 18.4. The number of halogens is 3. The molecule has 0 saturated heterocycles. The number of amides is 2. The Kier molecular flexibility index (Phi) is 6.33. The summed E-state index contributed by atoms with van der Waals surface area (Å²) in [6.07, 6.45) is 0.128. The van der Waals surface area contributed by atoms with Gasteiger partial charge in [-0.1, -0.05) is 15.9 Å². The van der Waals surface area contributed by atoms with E-state index in [0.717, 1.165) is 15.4 Å². The second kappa shape index (κ2) is 8.25. The van der Waals surface area contributed by atoms with Crippen LogP contribution in [0.15, 0.2) is 45.8 Å². The Bertz CT molecular complexity index is 769. The zero-order valence-electron chi connectivity index (χ0n) is 12.3. The Labute approximate surface area is 149 Å². The molecule has 24 heavy (non-hydrogen) atoms. The molecule has 0 saturated carbocycles. The molecule has 0 atom stereocenters. The van der Waals surface area contributed by atoms with Crippen LogP contribution in [0.1, 0.15) is 16.8 Å². The summed E-state index contributed by atoms with van der Waals surface area (Å²) in [4.78, 5) is 23.9. The van der Waals surface area contributed by atoms with Crippen LogP contribution in [0.25, 0.3) is 0 Å². The number of hydrogen-bond acceptors (Lipinski definition) is 3. The number of primary amides is 1. The van der Waals surface area contributed by atoms with Crippen molar-refractivity contribution in [3.63, 3.8) is 0 Å². The minimum absolute atomic E-state index is 0.128. The third-order valence-corrected chi connectivity index (χ3v) is 4.55. The maximum atomic E-state index is 13.7. The summed E-state index contributed by atoms with van der Waals surface area (Å²) < 4.78 is 28.0. The Morgan fingerprint density at radius 2 is 1.79 bits per heavy atom. The predicted octanol–water partition coefficient (Wildman–Crippen LogP) is 3.95. The number of thioether (sulfide) groups is 1. The molecule has 0 bridgehead atoms. The summed E-state index contributed by atoms with van der Waals surface area (Å²) >= 11 is 4.81. The topological polar surface area (TPSA) is 72.2 Å². The van der Waals surface area contributed by atoms with Crippen LogP contribution in [-0.4, -0.2) is 17.6 Å². The molecule has 8 heteroatoms. The normalized spacial score (nSPS) is 10.5. The number of nitrogens with two attached hydrogens (primary N) is 1. The van der Waals surface area contributed by atoms with Crippen LogP contribution < -0.4 is 11.1 Å². The molecule has 4 nitrogen and oxygen atoms in total. The minimum atomic E-state index is -1.07. The van der Waals surface area contributed by atoms with Gasteiger partial charge in [-0.15, -0.1) is 11.8 Å². The molecule has 2 aromatic carbocycles. The molecule has 0 spiro atoms. The molecule has 0 fully saturated rings. The molecule has 0 aliphatic carbocycles. The number of anilines is 1. The van der Waals surface area contributed by atoms with E-state index >= 15 is 0 Å². The molecular formula is C16H13BrF2N2O2S. The van der Waals surface area contributed by atoms with Crippen LogP contribution in [0.4, 0.5) is 14.5 Å². The molecule has 2 amide bonds. The number of benzene rings is 2. The van der Waals surface area contributed by atoms with E-state index in [9.17, 15) is 18.4 Å². The van der Waals surface area contributed by atoms with E-state index in [4.69, 9.17) is 5.73 Å². The maximum Gasteiger partial charge on any atom is 0.251 e. The van der Waals surface area contributed by atoms with Crippen LogP contribution in [0.2, 0.25) is 0 Å². The Morgan fingerprint density at radius 1 is 1.12 bits per heavy atom. The predicted molar refractivity (Wildman–Crippen MR) is 93.0 cm³/mol. The third kappa shape index (κ3) is 5.04. The number of carbonyl (C=O) groups excluding carboxylic acids is 2. The molecule has 0 unspecified atom stereocenters. The van der Waals surface area contributed by atoms with Gasteiger partial charge in [0.15, 0.2) is 0 Å². The maximum absolute atomic E-state index is 13.7. The first-order valence-corrected chi connectivity index (χ1v) is 8.61. The molecule has 2 aromatic rings. The van der Waals surface area contributed by atoms with E-state index in [0.29, 0.717) is 11.8 Å². The number of rotatable bonds is 6. The lowest BCUT2D eigenvalue weighted by Crippen LogP contribution is -2.17. The standard InChI is InChI=1S/C16H13BrF2N2O2S/c17-9-1-3-10(4-2-9)24-6-5-15(22)21-14-7-11(16(20)23)12(18)8-13(14)19/h1-4,7-8H,5-6H2,(H2,20,23)(H,21,22). The van der Waals surface area contributed by atoms with Crippen molar-refractivity contribution in [1.82, 2.24) is 0 Å². The molecule has 0 radical (unpaired) electrons. The van der Waals surface area contributed by atoms with Crippen molar-refractivity contribution < 1.29 is 18.4 Å². The summed E-state index contributed by atoms with van der Waals surface area (Å²) in [5.74, 6) is -3.02. The zero-order chi connectivity index (χ0) is 17.7. The van der Waals surface area contributed by atoms with Gasteiger partial charge in [0.2, 0.25) is 5.91 Å². The summed E-state index contributed by atoms with van der Waals surface area (Å²) in [7, 11) is 0. The van der Waals surface area contributed by atoms with Crippen molar-refractivity contribution in [2.75, 3.05) is 11.1 Å². The average Bonchev–Trinajstić information content (AvgIpc) is 2.51. The van der Waals surface area contributed by atoms with Gasteiger partial charge in [-0.05, 0) is 30.3 Å². The van der Waals surface area contributed by atoms with Crippen LogP contribution in [-0.2, 0) is 4.79 Å². The molecule has 126 valence electrons. The molecule has 2 rings (SSSR count). The van der Waals surface area contributed by atoms with Crippen molar-refractivity contribution in [3.8, 4) is 0 Å². The molecule has 0 aliphatic heterocycles. The first-order valence-electron chi connectivity index (χ1n) is 6.84. The summed E-state index contributed by atoms with van der Waals surface area (Å²) in [5.41, 5.74) is 4.25. The van der Waals surface area contributed by atoms with Gasteiger partial charge in [0, 0.05) is 27.6 Å². The fraction of sp³-hybridized carbons (Fsp3) is 0.125. The van der Waals surface area contributed by atoms with E-state index < -0.39 is 29.0 Å². The highest BCUT2D eigenvalue weighted by atomic mass is 79.9. The lowest BCUT2D eigenvalue weighted by Gasteiger charge is -2.08. The van der Waals surface area contributed by atoms with Crippen LogP contribution in [0.3, 0.4) is 0 Å². The Balaban J connectivity index is 1.93. The van der Waals surface area contributed by atoms with E-state index in [1.165, 1.54) is 11.8 Å². The molecule has 3 N–H and O–H groups in total.